The average Bonchev–Trinajstić information content (AvgIpc) is 2.16. The van der Waals surface area contributed by atoms with Gasteiger partial charge in [0, 0.05) is 17.6 Å². The van der Waals surface area contributed by atoms with Crippen LogP contribution in [0.1, 0.15) is 12.5 Å². The standard InChI is InChI=1S/C10H15ClN2O2S/c1-7-5-9(11)3-4-10(7)16(14,15)13-8(2)6-12/h3-5,8,13H,6,12H2,1-2H3/t8-/m0/s1. The molecule has 0 saturated heterocycles. The summed E-state index contributed by atoms with van der Waals surface area (Å²) >= 11 is 5.76. The molecule has 0 fully saturated rings. The number of benzene rings is 1. The Balaban J connectivity index is 3.08. The molecule has 0 heterocycles. The van der Waals surface area contributed by atoms with Gasteiger partial charge in [-0.2, -0.15) is 0 Å². The van der Waals surface area contributed by atoms with Crippen molar-refractivity contribution in [3.8, 4) is 0 Å². The van der Waals surface area contributed by atoms with E-state index in [2.05, 4.69) is 4.72 Å². The molecule has 0 aliphatic carbocycles. The molecule has 0 aliphatic rings. The van der Waals surface area contributed by atoms with E-state index in [1.165, 1.54) is 6.07 Å². The van der Waals surface area contributed by atoms with E-state index in [1.54, 1.807) is 26.0 Å². The Morgan fingerprint density at radius 3 is 2.62 bits per heavy atom. The van der Waals surface area contributed by atoms with E-state index >= 15 is 0 Å². The summed E-state index contributed by atoms with van der Waals surface area (Å²) in [5, 5.41) is 0.517. The van der Waals surface area contributed by atoms with Crippen LogP contribution in [0, 0.1) is 6.92 Å². The van der Waals surface area contributed by atoms with Crippen LogP contribution in [0.25, 0.3) is 0 Å². The van der Waals surface area contributed by atoms with Crippen LogP contribution in [-0.2, 0) is 10.0 Å². The highest BCUT2D eigenvalue weighted by atomic mass is 35.5. The lowest BCUT2D eigenvalue weighted by Crippen LogP contribution is -2.37. The zero-order valence-electron chi connectivity index (χ0n) is 9.20. The van der Waals surface area contributed by atoms with E-state index in [0.29, 0.717) is 10.6 Å². The van der Waals surface area contributed by atoms with Gasteiger partial charge in [-0.05, 0) is 37.6 Å². The van der Waals surface area contributed by atoms with Crippen molar-refractivity contribution >= 4 is 21.6 Å². The molecule has 1 atom stereocenters. The molecule has 1 rings (SSSR count). The van der Waals surface area contributed by atoms with Crippen LogP contribution < -0.4 is 10.5 Å². The maximum Gasteiger partial charge on any atom is 0.241 e. The second-order valence-corrected chi connectivity index (χ2v) is 5.79. The highest BCUT2D eigenvalue weighted by molar-refractivity contribution is 7.89. The smallest absolute Gasteiger partial charge is 0.241 e. The molecular formula is C10H15ClN2O2S. The molecule has 0 aromatic heterocycles. The van der Waals surface area contributed by atoms with Crippen molar-refractivity contribution in [3.05, 3.63) is 28.8 Å². The average molecular weight is 263 g/mol. The fraction of sp³-hybridized carbons (Fsp3) is 0.400. The van der Waals surface area contributed by atoms with Gasteiger partial charge in [0.05, 0.1) is 4.90 Å². The van der Waals surface area contributed by atoms with Gasteiger partial charge in [-0.3, -0.25) is 0 Å². The Bertz CT molecular complexity index is 474. The zero-order valence-corrected chi connectivity index (χ0v) is 10.8. The van der Waals surface area contributed by atoms with Crippen molar-refractivity contribution in [2.75, 3.05) is 6.54 Å². The number of sulfonamides is 1. The highest BCUT2D eigenvalue weighted by Crippen LogP contribution is 2.19. The minimum Gasteiger partial charge on any atom is -0.329 e. The first kappa shape index (κ1) is 13.4. The molecule has 0 saturated carbocycles. The lowest BCUT2D eigenvalue weighted by molar-refractivity contribution is 0.562. The van der Waals surface area contributed by atoms with Gasteiger partial charge in [-0.15, -0.1) is 0 Å². The van der Waals surface area contributed by atoms with Crippen molar-refractivity contribution < 1.29 is 8.42 Å². The molecule has 4 nitrogen and oxygen atoms in total. The predicted molar refractivity (Wildman–Crippen MR) is 65.0 cm³/mol. The molecule has 1 aromatic rings. The molecule has 3 N–H and O–H groups in total. The first-order valence-corrected chi connectivity index (χ1v) is 6.71. The number of hydrogen-bond donors (Lipinski definition) is 2. The predicted octanol–water partition coefficient (Wildman–Crippen LogP) is 1.27. The molecule has 0 aliphatic heterocycles. The number of nitrogens with one attached hydrogen (secondary N) is 1. The summed E-state index contributed by atoms with van der Waals surface area (Å²) in [5.74, 6) is 0. The van der Waals surface area contributed by atoms with Gasteiger partial charge in [-0.25, -0.2) is 13.1 Å². The fourth-order valence-electron chi connectivity index (χ4n) is 1.29. The van der Waals surface area contributed by atoms with E-state index in [0.717, 1.165) is 0 Å². The number of nitrogens with two attached hydrogens (primary N) is 1. The second kappa shape index (κ2) is 5.14. The van der Waals surface area contributed by atoms with Gasteiger partial charge in [0.1, 0.15) is 0 Å². The number of halogens is 1. The van der Waals surface area contributed by atoms with Gasteiger partial charge < -0.3 is 5.73 Å². The topological polar surface area (TPSA) is 72.2 Å². The van der Waals surface area contributed by atoms with Crippen LogP contribution in [-0.4, -0.2) is 21.0 Å². The van der Waals surface area contributed by atoms with Crippen molar-refractivity contribution in [2.45, 2.75) is 24.8 Å². The quantitative estimate of drug-likeness (QED) is 0.858. The number of aryl methyl sites for hydroxylation is 1. The fourth-order valence-corrected chi connectivity index (χ4v) is 3.00. The monoisotopic (exact) mass is 262 g/mol. The minimum atomic E-state index is -3.51. The SMILES string of the molecule is Cc1cc(Cl)ccc1S(=O)(=O)N[C@@H](C)CN. The highest BCUT2D eigenvalue weighted by Gasteiger charge is 2.18. The molecule has 0 radical (unpaired) electrons. The molecule has 0 spiro atoms. The third-order valence-electron chi connectivity index (χ3n) is 2.14. The summed E-state index contributed by atoms with van der Waals surface area (Å²) in [5.41, 5.74) is 5.99. The van der Waals surface area contributed by atoms with E-state index < -0.39 is 10.0 Å². The third kappa shape index (κ3) is 3.18. The summed E-state index contributed by atoms with van der Waals surface area (Å²) in [6.07, 6.45) is 0. The van der Waals surface area contributed by atoms with Gasteiger partial charge in [0.2, 0.25) is 10.0 Å². The molecule has 0 unspecified atom stereocenters. The Kier molecular flexibility index (Phi) is 4.32. The molecule has 0 amide bonds. The Morgan fingerprint density at radius 1 is 1.50 bits per heavy atom. The lowest BCUT2D eigenvalue weighted by atomic mass is 10.2. The van der Waals surface area contributed by atoms with Crippen LogP contribution in [0.15, 0.2) is 23.1 Å². The maximum atomic E-state index is 11.9. The van der Waals surface area contributed by atoms with Crippen molar-refractivity contribution in [1.29, 1.82) is 0 Å². The van der Waals surface area contributed by atoms with Crippen LogP contribution in [0.4, 0.5) is 0 Å². The van der Waals surface area contributed by atoms with Gasteiger partial charge in [0.25, 0.3) is 0 Å². The summed E-state index contributed by atoms with van der Waals surface area (Å²) in [6.45, 7) is 3.67. The van der Waals surface area contributed by atoms with Crippen molar-refractivity contribution in [2.24, 2.45) is 5.73 Å². The van der Waals surface area contributed by atoms with Gasteiger partial charge in [-0.1, -0.05) is 11.6 Å². The van der Waals surface area contributed by atoms with Crippen LogP contribution >= 0.6 is 11.6 Å². The summed E-state index contributed by atoms with van der Waals surface area (Å²) in [6, 6.07) is 4.36. The molecule has 16 heavy (non-hydrogen) atoms. The van der Waals surface area contributed by atoms with Gasteiger partial charge >= 0.3 is 0 Å². The Hall–Kier alpha value is -0.620. The first-order valence-electron chi connectivity index (χ1n) is 4.85. The van der Waals surface area contributed by atoms with Crippen molar-refractivity contribution in [1.82, 2.24) is 4.72 Å². The Labute approximate surface area is 101 Å². The van der Waals surface area contributed by atoms with Crippen molar-refractivity contribution in [3.63, 3.8) is 0 Å². The van der Waals surface area contributed by atoms with E-state index in [9.17, 15) is 8.42 Å². The number of rotatable bonds is 4. The normalized spacial score (nSPS) is 13.8. The maximum absolute atomic E-state index is 11.9. The molecule has 90 valence electrons. The number of hydrogen-bond acceptors (Lipinski definition) is 3. The van der Waals surface area contributed by atoms with E-state index in [-0.39, 0.29) is 17.5 Å². The summed E-state index contributed by atoms with van der Waals surface area (Å²) < 4.78 is 26.3. The molecular weight excluding hydrogens is 248 g/mol. The van der Waals surface area contributed by atoms with Gasteiger partial charge in [0.15, 0.2) is 0 Å². The van der Waals surface area contributed by atoms with Crippen LogP contribution in [0.3, 0.4) is 0 Å². The van der Waals surface area contributed by atoms with E-state index in [1.807, 2.05) is 0 Å². The van der Waals surface area contributed by atoms with E-state index in [4.69, 9.17) is 17.3 Å². The zero-order chi connectivity index (χ0) is 12.3. The first-order chi connectivity index (χ1) is 7.36. The largest absolute Gasteiger partial charge is 0.329 e. The summed E-state index contributed by atoms with van der Waals surface area (Å²) in [4.78, 5) is 0.234. The Morgan fingerprint density at radius 2 is 2.12 bits per heavy atom. The molecule has 6 heteroatoms. The van der Waals surface area contributed by atoms with Crippen LogP contribution in [0.5, 0.6) is 0 Å². The molecule has 0 bridgehead atoms. The summed E-state index contributed by atoms with van der Waals surface area (Å²) in [7, 11) is -3.51. The third-order valence-corrected chi connectivity index (χ3v) is 4.12. The lowest BCUT2D eigenvalue weighted by Gasteiger charge is -2.13. The second-order valence-electron chi connectivity index (χ2n) is 3.67. The minimum absolute atomic E-state index is 0.234. The van der Waals surface area contributed by atoms with Crippen LogP contribution in [0.2, 0.25) is 5.02 Å². The molecule has 1 aromatic carbocycles.